The van der Waals surface area contributed by atoms with Crippen LogP contribution >= 0.6 is 0 Å². The standard InChI is InChI=1S/C48H47F3O13S/c1-30-38(61-44(52)33-21-11-5-12-22-33)40(56-27-31-17-7-3-8-18-31)43(64-65(53,54)37-26-16-15-25-35(37)48(49,50)51)47(59-30)63-42-41(57-28-32-19-9-4-10-20-32)39-36(60-46(42)55-2)29-58-45(62-39)34-23-13-6-14-24-34/h3-26,30,36,38-43,45-47H,27-29H2,1-2H3/t30-,36+,38-,39+,40+,41-,42-,43+,45?,46-,47+/m0/s1. The molecule has 0 radical (unpaired) electrons. The van der Waals surface area contributed by atoms with Crippen molar-refractivity contribution in [2.45, 2.75) is 98.9 Å². The SMILES string of the molecule is CO[C@H]1O[C@@H]2COC(c3ccccc3)O[C@H]2[C@H](OCc2ccccc2)[C@@H]1O[C@H]1O[C@@H](C)[C@H](OC(=O)c2ccccc2)[C@@H](OCc2ccccc2)[C@H]1OS(=O)(=O)c1ccccc1C(F)(F)F. The first-order chi connectivity index (χ1) is 31.4. The van der Waals surface area contributed by atoms with Gasteiger partial charge in [0.2, 0.25) is 0 Å². The Morgan fingerprint density at radius 3 is 1.85 bits per heavy atom. The van der Waals surface area contributed by atoms with Crippen molar-refractivity contribution < 1.29 is 73.2 Å². The van der Waals surface area contributed by atoms with E-state index < -0.39 is 100 Å². The molecular weight excluding hydrogens is 874 g/mol. The number of ether oxygens (including phenoxy) is 9. The van der Waals surface area contributed by atoms with Crippen LogP contribution in [0.3, 0.4) is 0 Å². The van der Waals surface area contributed by atoms with Crippen LogP contribution in [-0.2, 0) is 76.3 Å². The Morgan fingerprint density at radius 1 is 0.662 bits per heavy atom. The quantitative estimate of drug-likeness (QED) is 0.0746. The van der Waals surface area contributed by atoms with Gasteiger partial charge in [-0.3, -0.25) is 4.18 Å². The Kier molecular flexibility index (Phi) is 14.8. The lowest BCUT2D eigenvalue weighted by Crippen LogP contribution is -2.66. The van der Waals surface area contributed by atoms with E-state index in [4.69, 9.17) is 46.8 Å². The third kappa shape index (κ3) is 11.0. The molecule has 13 nitrogen and oxygen atoms in total. The average molecular weight is 921 g/mol. The number of carbonyl (C=O) groups excluding carboxylic acids is 1. The van der Waals surface area contributed by atoms with Gasteiger partial charge in [0.1, 0.15) is 35.4 Å². The number of rotatable bonds is 15. The lowest BCUT2D eigenvalue weighted by Gasteiger charge is -2.51. The first-order valence-electron chi connectivity index (χ1n) is 20.9. The van der Waals surface area contributed by atoms with Gasteiger partial charge >= 0.3 is 12.1 Å². The highest BCUT2D eigenvalue weighted by Gasteiger charge is 2.57. The van der Waals surface area contributed by atoms with E-state index in [0.717, 1.165) is 29.3 Å². The summed E-state index contributed by atoms with van der Waals surface area (Å²) in [6.45, 7) is 1.48. The Morgan fingerprint density at radius 2 is 1.23 bits per heavy atom. The second-order valence-corrected chi connectivity index (χ2v) is 17.1. The molecule has 0 N–H and O–H groups in total. The molecule has 8 rings (SSSR count). The number of esters is 1. The summed E-state index contributed by atoms with van der Waals surface area (Å²) < 4.78 is 135. The third-order valence-corrected chi connectivity index (χ3v) is 12.5. The number of hydrogen-bond acceptors (Lipinski definition) is 13. The molecule has 65 heavy (non-hydrogen) atoms. The summed E-state index contributed by atoms with van der Waals surface area (Å²) in [5.74, 6) is -0.812. The Bertz CT molecular complexity index is 2420. The molecule has 0 saturated carbocycles. The summed E-state index contributed by atoms with van der Waals surface area (Å²) in [5.41, 5.74) is 0.832. The number of fused-ring (bicyclic) bond motifs is 1. The highest BCUT2D eigenvalue weighted by atomic mass is 32.2. The van der Waals surface area contributed by atoms with Gasteiger partial charge in [0, 0.05) is 12.7 Å². The van der Waals surface area contributed by atoms with E-state index in [0.29, 0.717) is 11.6 Å². The van der Waals surface area contributed by atoms with Crippen LogP contribution in [0.2, 0.25) is 0 Å². The maximum Gasteiger partial charge on any atom is 0.417 e. The molecule has 3 fully saturated rings. The zero-order valence-electron chi connectivity index (χ0n) is 35.2. The van der Waals surface area contributed by atoms with Crippen molar-refractivity contribution in [3.63, 3.8) is 0 Å². The predicted octanol–water partition coefficient (Wildman–Crippen LogP) is 7.79. The Balaban J connectivity index is 1.20. The van der Waals surface area contributed by atoms with Crippen molar-refractivity contribution >= 4 is 16.1 Å². The van der Waals surface area contributed by atoms with E-state index in [1.807, 2.05) is 60.7 Å². The van der Waals surface area contributed by atoms with Crippen LogP contribution in [-0.4, -0.2) is 89.5 Å². The van der Waals surface area contributed by atoms with Gasteiger partial charge in [-0.15, -0.1) is 0 Å². The molecule has 3 aliphatic heterocycles. The van der Waals surface area contributed by atoms with Gasteiger partial charge in [0.15, 0.2) is 31.1 Å². The van der Waals surface area contributed by atoms with Crippen molar-refractivity contribution in [3.8, 4) is 0 Å². The van der Waals surface area contributed by atoms with Crippen molar-refractivity contribution in [3.05, 3.63) is 173 Å². The van der Waals surface area contributed by atoms with Gasteiger partial charge in [0.25, 0.3) is 10.1 Å². The van der Waals surface area contributed by atoms with Crippen LogP contribution < -0.4 is 0 Å². The fourth-order valence-electron chi connectivity index (χ4n) is 7.96. The first-order valence-corrected chi connectivity index (χ1v) is 22.3. The summed E-state index contributed by atoms with van der Waals surface area (Å²) in [5, 5.41) is 0. The van der Waals surface area contributed by atoms with E-state index in [9.17, 15) is 26.4 Å². The molecule has 344 valence electrons. The molecule has 17 heteroatoms. The van der Waals surface area contributed by atoms with Gasteiger partial charge in [-0.1, -0.05) is 121 Å². The van der Waals surface area contributed by atoms with E-state index in [-0.39, 0.29) is 25.4 Å². The summed E-state index contributed by atoms with van der Waals surface area (Å²) in [4.78, 5) is 12.5. The van der Waals surface area contributed by atoms with Crippen LogP contribution in [0.15, 0.2) is 150 Å². The van der Waals surface area contributed by atoms with Gasteiger partial charge in [-0.05, 0) is 42.3 Å². The highest BCUT2D eigenvalue weighted by molar-refractivity contribution is 7.86. The predicted molar refractivity (Wildman–Crippen MR) is 224 cm³/mol. The second kappa shape index (κ2) is 20.6. The zero-order chi connectivity index (χ0) is 45.6. The zero-order valence-corrected chi connectivity index (χ0v) is 36.0. The third-order valence-electron chi connectivity index (χ3n) is 11.1. The van der Waals surface area contributed by atoms with Gasteiger partial charge in [-0.2, -0.15) is 21.6 Å². The van der Waals surface area contributed by atoms with Crippen LogP contribution in [0.25, 0.3) is 0 Å². The van der Waals surface area contributed by atoms with E-state index >= 15 is 0 Å². The highest BCUT2D eigenvalue weighted by Crippen LogP contribution is 2.41. The average Bonchev–Trinajstić information content (AvgIpc) is 3.32. The molecule has 5 aromatic rings. The van der Waals surface area contributed by atoms with Crippen LogP contribution in [0.5, 0.6) is 0 Å². The molecular formula is C48H47F3O13S. The van der Waals surface area contributed by atoms with Crippen LogP contribution in [0.4, 0.5) is 13.2 Å². The topological polar surface area (TPSA) is 144 Å². The smallest absolute Gasteiger partial charge is 0.417 e. The van der Waals surface area contributed by atoms with E-state index in [1.165, 1.54) is 19.2 Å². The largest absolute Gasteiger partial charge is 0.453 e. The molecule has 0 bridgehead atoms. The number of benzene rings is 5. The summed E-state index contributed by atoms with van der Waals surface area (Å²) in [7, 11) is -3.99. The number of hydrogen-bond donors (Lipinski definition) is 0. The van der Waals surface area contributed by atoms with E-state index in [2.05, 4.69) is 0 Å². The number of alkyl halides is 3. The molecule has 0 aliphatic carbocycles. The molecule has 3 heterocycles. The minimum absolute atomic E-state index is 0.0516. The van der Waals surface area contributed by atoms with Crippen molar-refractivity contribution in [1.29, 1.82) is 0 Å². The maximum atomic E-state index is 14.4. The molecule has 11 atom stereocenters. The van der Waals surface area contributed by atoms with Crippen molar-refractivity contribution in [2.75, 3.05) is 13.7 Å². The molecule has 3 aliphatic rings. The molecule has 0 amide bonds. The molecule has 5 aromatic carbocycles. The summed E-state index contributed by atoms with van der Waals surface area (Å²) in [6, 6.07) is 38.9. The fourth-order valence-corrected chi connectivity index (χ4v) is 9.25. The monoisotopic (exact) mass is 920 g/mol. The minimum atomic E-state index is -5.36. The van der Waals surface area contributed by atoms with Gasteiger partial charge < -0.3 is 42.6 Å². The lowest BCUT2D eigenvalue weighted by molar-refractivity contribution is -0.393. The minimum Gasteiger partial charge on any atom is -0.453 e. The fraction of sp³-hybridized carbons (Fsp3) is 0.354. The first kappa shape index (κ1) is 46.5. The normalized spacial score (nSPS) is 28.2. The van der Waals surface area contributed by atoms with Crippen molar-refractivity contribution in [2.24, 2.45) is 0 Å². The maximum absolute atomic E-state index is 14.4. The Hall–Kier alpha value is -5.05. The van der Waals surface area contributed by atoms with Gasteiger partial charge in [0.05, 0.1) is 37.1 Å². The second-order valence-electron chi connectivity index (χ2n) is 15.5. The lowest BCUT2D eigenvalue weighted by atomic mass is 9.96. The summed E-state index contributed by atoms with van der Waals surface area (Å²) >= 11 is 0. The van der Waals surface area contributed by atoms with Gasteiger partial charge in [-0.25, -0.2) is 4.79 Å². The molecule has 1 unspecified atom stereocenters. The molecule has 3 saturated heterocycles. The van der Waals surface area contributed by atoms with Crippen LogP contribution in [0, 0.1) is 0 Å². The number of carbonyl (C=O) groups is 1. The molecule has 0 aromatic heterocycles. The van der Waals surface area contributed by atoms with E-state index in [1.54, 1.807) is 55.5 Å². The van der Waals surface area contributed by atoms with Crippen LogP contribution in [0.1, 0.15) is 45.8 Å². The summed E-state index contributed by atoms with van der Waals surface area (Å²) in [6.07, 6.45) is -19.0. The number of methoxy groups -OCH3 is 1. The number of halogens is 3. The van der Waals surface area contributed by atoms with Crippen molar-refractivity contribution in [1.82, 2.24) is 0 Å². The molecule has 0 spiro atoms. The Labute approximate surface area is 374 Å².